The maximum Gasteiger partial charge on any atom is 0.0249 e. The van der Waals surface area contributed by atoms with Crippen LogP contribution >= 0.6 is 0 Å². The smallest absolute Gasteiger partial charge is 0.0249 e. The number of hydrogen-bond donors (Lipinski definition) is 1. The summed E-state index contributed by atoms with van der Waals surface area (Å²) in [5.41, 5.74) is 0. The van der Waals surface area contributed by atoms with Crippen molar-refractivity contribution in [3.8, 4) is 0 Å². The minimum absolute atomic E-state index is 0.747. The van der Waals surface area contributed by atoms with Gasteiger partial charge in [0, 0.05) is 18.6 Å². The first-order chi connectivity index (χ1) is 8.74. The predicted molar refractivity (Wildman–Crippen MR) is 78.9 cm³/mol. The fourth-order valence-corrected chi connectivity index (χ4v) is 3.50. The second kappa shape index (κ2) is 6.91. The molecule has 2 aliphatic rings. The fraction of sp³-hybridized carbons (Fsp3) is 1.00. The zero-order valence-electron chi connectivity index (χ0n) is 12.6. The number of nitrogens with zero attached hydrogens (tertiary/aromatic N) is 1. The Hall–Kier alpha value is -0.0800. The largest absolute Gasteiger partial charge is 0.312 e. The van der Waals surface area contributed by atoms with Crippen molar-refractivity contribution in [1.29, 1.82) is 0 Å². The van der Waals surface area contributed by atoms with Gasteiger partial charge in [0.25, 0.3) is 0 Å². The van der Waals surface area contributed by atoms with Crippen LogP contribution in [0.1, 0.15) is 58.8 Å². The molecule has 18 heavy (non-hydrogen) atoms. The van der Waals surface area contributed by atoms with Crippen LogP contribution in [0, 0.1) is 11.8 Å². The maximum atomic E-state index is 3.80. The molecule has 0 heterocycles. The summed E-state index contributed by atoms with van der Waals surface area (Å²) in [6.07, 6.45) is 9.81. The summed E-state index contributed by atoms with van der Waals surface area (Å²) in [5.74, 6) is 1.99. The van der Waals surface area contributed by atoms with Gasteiger partial charge < -0.3 is 10.2 Å². The van der Waals surface area contributed by atoms with Gasteiger partial charge in [-0.05, 0) is 64.0 Å². The van der Waals surface area contributed by atoms with Crippen molar-refractivity contribution in [1.82, 2.24) is 10.2 Å². The van der Waals surface area contributed by atoms with Crippen LogP contribution in [0.3, 0.4) is 0 Å². The van der Waals surface area contributed by atoms with Gasteiger partial charge in [0.2, 0.25) is 0 Å². The number of likely N-dealkylation sites (N-methyl/N-ethyl adjacent to an activating group) is 1. The Balaban J connectivity index is 1.88. The molecule has 0 bridgehead atoms. The van der Waals surface area contributed by atoms with Gasteiger partial charge >= 0.3 is 0 Å². The van der Waals surface area contributed by atoms with E-state index in [0.29, 0.717) is 0 Å². The third kappa shape index (κ3) is 3.96. The molecule has 2 rings (SSSR count). The summed E-state index contributed by atoms with van der Waals surface area (Å²) < 4.78 is 0. The Labute approximate surface area is 114 Å². The van der Waals surface area contributed by atoms with Crippen molar-refractivity contribution < 1.29 is 0 Å². The van der Waals surface area contributed by atoms with E-state index >= 15 is 0 Å². The van der Waals surface area contributed by atoms with E-state index in [1.165, 1.54) is 58.0 Å². The topological polar surface area (TPSA) is 15.3 Å². The highest BCUT2D eigenvalue weighted by Gasteiger charge is 2.34. The predicted octanol–water partition coefficient (Wildman–Crippen LogP) is 3.28. The van der Waals surface area contributed by atoms with Gasteiger partial charge in [0.15, 0.2) is 0 Å². The average molecular weight is 252 g/mol. The van der Waals surface area contributed by atoms with Crippen molar-refractivity contribution in [2.45, 2.75) is 70.9 Å². The molecule has 2 saturated carbocycles. The van der Waals surface area contributed by atoms with Gasteiger partial charge in [-0.15, -0.1) is 0 Å². The molecule has 2 nitrogen and oxygen atoms in total. The number of nitrogens with one attached hydrogen (secondary N) is 1. The van der Waals surface area contributed by atoms with Gasteiger partial charge in [0.05, 0.1) is 0 Å². The lowest BCUT2D eigenvalue weighted by molar-refractivity contribution is 0.114. The number of rotatable bonds is 7. The molecule has 106 valence electrons. The van der Waals surface area contributed by atoms with Crippen LogP contribution in [0.15, 0.2) is 0 Å². The summed E-state index contributed by atoms with van der Waals surface area (Å²) in [7, 11) is 2.36. The second-order valence-corrected chi connectivity index (χ2v) is 6.60. The molecule has 0 aromatic rings. The first-order valence-electron chi connectivity index (χ1n) is 8.18. The molecule has 1 N–H and O–H groups in total. The fourth-order valence-electron chi connectivity index (χ4n) is 3.50. The highest BCUT2D eigenvalue weighted by atomic mass is 15.2. The maximum absolute atomic E-state index is 3.80. The molecule has 2 aliphatic carbocycles. The van der Waals surface area contributed by atoms with Gasteiger partial charge in [0.1, 0.15) is 0 Å². The normalized spacial score (nSPS) is 33.0. The van der Waals surface area contributed by atoms with Gasteiger partial charge in [-0.3, -0.25) is 0 Å². The van der Waals surface area contributed by atoms with Crippen LogP contribution in [0.5, 0.6) is 0 Å². The van der Waals surface area contributed by atoms with Crippen LogP contribution < -0.4 is 5.32 Å². The molecule has 0 spiro atoms. The van der Waals surface area contributed by atoms with Crippen molar-refractivity contribution in [3.63, 3.8) is 0 Å². The highest BCUT2D eigenvalue weighted by molar-refractivity contribution is 4.91. The Bertz CT molecular complexity index is 237. The minimum atomic E-state index is 0.747. The summed E-state index contributed by atoms with van der Waals surface area (Å²) in [4.78, 5) is 2.67. The van der Waals surface area contributed by atoms with Crippen molar-refractivity contribution in [3.05, 3.63) is 0 Å². The van der Waals surface area contributed by atoms with Crippen molar-refractivity contribution >= 4 is 0 Å². The molecule has 2 fully saturated rings. The lowest BCUT2D eigenvalue weighted by Gasteiger charge is -2.41. The van der Waals surface area contributed by atoms with Crippen LogP contribution in [-0.4, -0.2) is 37.1 Å². The molecule has 0 amide bonds. The second-order valence-electron chi connectivity index (χ2n) is 6.60. The van der Waals surface area contributed by atoms with E-state index in [-0.39, 0.29) is 0 Å². The molecule has 0 aromatic heterocycles. The third-order valence-corrected chi connectivity index (χ3v) is 4.97. The summed E-state index contributed by atoms with van der Waals surface area (Å²) >= 11 is 0. The Morgan fingerprint density at radius 1 is 1.06 bits per heavy atom. The van der Waals surface area contributed by atoms with Gasteiger partial charge in [-0.25, -0.2) is 0 Å². The quantitative estimate of drug-likeness (QED) is 0.748. The molecule has 0 saturated heterocycles. The SMILES string of the molecule is CCCNC1CCC(CC)CC1N(C)CC1CC1. The van der Waals surface area contributed by atoms with Crippen molar-refractivity contribution in [2.24, 2.45) is 11.8 Å². The molecule has 0 aliphatic heterocycles. The van der Waals surface area contributed by atoms with Crippen LogP contribution in [0.25, 0.3) is 0 Å². The average Bonchev–Trinajstić information content (AvgIpc) is 3.20. The summed E-state index contributed by atoms with van der Waals surface area (Å²) in [6, 6.07) is 1.53. The molecular formula is C16H32N2. The monoisotopic (exact) mass is 252 g/mol. The van der Waals surface area contributed by atoms with E-state index in [2.05, 4.69) is 31.1 Å². The van der Waals surface area contributed by atoms with E-state index in [9.17, 15) is 0 Å². The third-order valence-electron chi connectivity index (χ3n) is 4.97. The molecule has 2 heteroatoms. The van der Waals surface area contributed by atoms with Crippen molar-refractivity contribution in [2.75, 3.05) is 20.1 Å². The zero-order chi connectivity index (χ0) is 13.0. The first-order valence-corrected chi connectivity index (χ1v) is 8.18. The van der Waals surface area contributed by atoms with E-state index in [1.54, 1.807) is 0 Å². The molecule has 3 unspecified atom stereocenters. The van der Waals surface area contributed by atoms with Crippen LogP contribution in [0.2, 0.25) is 0 Å². The summed E-state index contributed by atoms with van der Waals surface area (Å²) in [5, 5.41) is 3.80. The molecular weight excluding hydrogens is 220 g/mol. The van der Waals surface area contributed by atoms with E-state index in [0.717, 1.165) is 23.9 Å². The Morgan fingerprint density at radius 2 is 1.78 bits per heavy atom. The Kier molecular flexibility index (Phi) is 5.50. The number of hydrogen-bond acceptors (Lipinski definition) is 2. The van der Waals surface area contributed by atoms with E-state index in [1.807, 2.05) is 0 Å². The molecule has 3 atom stereocenters. The molecule has 0 radical (unpaired) electrons. The first kappa shape index (κ1) is 14.3. The van der Waals surface area contributed by atoms with Crippen LogP contribution in [0.4, 0.5) is 0 Å². The lowest BCUT2D eigenvalue weighted by Crippen LogP contribution is -2.52. The van der Waals surface area contributed by atoms with Gasteiger partial charge in [-0.1, -0.05) is 20.3 Å². The van der Waals surface area contributed by atoms with E-state index in [4.69, 9.17) is 0 Å². The minimum Gasteiger partial charge on any atom is -0.312 e. The standard InChI is InChI=1S/C16H32N2/c1-4-10-17-15-9-8-13(5-2)11-16(15)18(3)12-14-6-7-14/h13-17H,4-12H2,1-3H3. The van der Waals surface area contributed by atoms with Crippen LogP contribution in [-0.2, 0) is 0 Å². The molecule has 0 aromatic carbocycles. The highest BCUT2D eigenvalue weighted by Crippen LogP contribution is 2.34. The summed E-state index contributed by atoms with van der Waals surface area (Å²) in [6.45, 7) is 7.16. The lowest BCUT2D eigenvalue weighted by atomic mass is 9.80. The van der Waals surface area contributed by atoms with Gasteiger partial charge in [-0.2, -0.15) is 0 Å². The van der Waals surface area contributed by atoms with E-state index < -0.39 is 0 Å². The zero-order valence-corrected chi connectivity index (χ0v) is 12.6. The Morgan fingerprint density at radius 3 is 2.39 bits per heavy atom.